The van der Waals surface area contributed by atoms with Crippen molar-refractivity contribution in [3.63, 3.8) is 0 Å². The van der Waals surface area contributed by atoms with E-state index in [9.17, 15) is 54.3 Å². The Labute approximate surface area is 470 Å². The molecule has 6 amide bonds. The number of rotatable bonds is 17. The molecule has 2 aliphatic carbocycles. The van der Waals surface area contributed by atoms with E-state index in [1.54, 1.807) is 110 Å². The lowest BCUT2D eigenvalue weighted by molar-refractivity contribution is -0.305. The average molecular weight is 1150 g/mol. The Morgan fingerprint density at radius 2 is 1.23 bits per heavy atom. The molecule has 460 valence electrons. The highest BCUT2D eigenvalue weighted by Gasteiger charge is 2.57. The number of nitrogens with zero attached hydrogens (tertiary/aromatic N) is 1. The molecule has 12 atom stereocenters. The molecular formula is C54H95N7O19. The van der Waals surface area contributed by atoms with E-state index in [0.29, 0.717) is 25.1 Å². The molecule has 2 saturated carbocycles. The van der Waals surface area contributed by atoms with E-state index in [4.69, 9.17) is 37.9 Å². The van der Waals surface area contributed by atoms with Crippen molar-refractivity contribution in [3.8, 4) is 0 Å². The molecule has 1 saturated heterocycles. The Kier molecular flexibility index (Phi) is 22.4. The third-order valence-electron chi connectivity index (χ3n) is 13.1. The Morgan fingerprint density at radius 1 is 0.713 bits per heavy atom. The van der Waals surface area contributed by atoms with Crippen molar-refractivity contribution in [3.05, 3.63) is 11.8 Å². The largest absolute Gasteiger partial charge is 0.491 e. The maximum Gasteiger partial charge on any atom is 0.410 e. The topological polar surface area (TPSA) is 353 Å². The van der Waals surface area contributed by atoms with Crippen LogP contribution in [0.5, 0.6) is 0 Å². The van der Waals surface area contributed by atoms with Gasteiger partial charge in [0.05, 0.1) is 43.0 Å². The van der Waals surface area contributed by atoms with Crippen LogP contribution in [0.25, 0.3) is 0 Å². The lowest BCUT2D eigenvalue weighted by atomic mass is 9.71. The summed E-state index contributed by atoms with van der Waals surface area (Å²) in [5.74, 6) is -1.97. The maximum atomic E-state index is 14.0. The molecule has 0 spiro atoms. The van der Waals surface area contributed by atoms with Crippen LogP contribution in [0, 0.1) is 11.8 Å². The van der Waals surface area contributed by atoms with Crippen molar-refractivity contribution in [1.82, 2.24) is 36.8 Å². The molecule has 4 aliphatic rings. The van der Waals surface area contributed by atoms with Crippen molar-refractivity contribution in [2.75, 3.05) is 39.8 Å². The third kappa shape index (κ3) is 21.4. The Balaban J connectivity index is 1.74. The van der Waals surface area contributed by atoms with Gasteiger partial charge in [-0.15, -0.1) is 0 Å². The van der Waals surface area contributed by atoms with Crippen LogP contribution in [0.2, 0.25) is 0 Å². The lowest BCUT2D eigenvalue weighted by Crippen LogP contribution is -2.71. The summed E-state index contributed by atoms with van der Waals surface area (Å²) < 4.78 is 46.7. The van der Waals surface area contributed by atoms with Crippen molar-refractivity contribution in [1.29, 1.82) is 0 Å². The molecular weight excluding hydrogens is 1050 g/mol. The first-order valence-electron chi connectivity index (χ1n) is 27.4. The van der Waals surface area contributed by atoms with E-state index in [2.05, 4.69) is 31.9 Å². The highest BCUT2D eigenvalue weighted by Crippen LogP contribution is 2.40. The summed E-state index contributed by atoms with van der Waals surface area (Å²) in [4.78, 5) is 80.6. The van der Waals surface area contributed by atoms with Crippen molar-refractivity contribution in [2.45, 2.75) is 243 Å². The van der Waals surface area contributed by atoms with Gasteiger partial charge in [0.1, 0.15) is 63.8 Å². The predicted octanol–water partition coefficient (Wildman–Crippen LogP) is 2.93. The van der Waals surface area contributed by atoms with Crippen LogP contribution < -0.4 is 31.9 Å². The fourth-order valence-corrected chi connectivity index (χ4v) is 9.99. The molecule has 0 aromatic rings. The summed E-state index contributed by atoms with van der Waals surface area (Å²) in [7, 11) is 1.31. The standard InChI is InChI=1S/C54H95N7O19/c1-48(2,3)76-43(66)56-21-20-34(62)41(65)58-33-22-32(60-46(69)79-51(10,11)12)35(36(63)39(33)75-42-37(64)40(53(16,71)28-73-42)61(17)47(70)80-52(13,14)15)38-31(59-45(68)78-50(7,8)9)19-18-30(74-38)26-55-27-54(72)23-29(24-54)25-57-44(67)77-49(4,5)6/h18,29,31-40,42,55,62-64,71-72H,19-28H2,1-17H3,(H,56,66)(H,57,67)(H,58,65)(H,59,68)(H,60,69)/t29?,31-,32+,33-,34+,35-,36+,37-,38?,39+,40-,42-,53+,54?/m1/s1. The van der Waals surface area contributed by atoms with Gasteiger partial charge in [0.2, 0.25) is 5.91 Å². The summed E-state index contributed by atoms with van der Waals surface area (Å²) in [6.45, 7) is 26.3. The van der Waals surface area contributed by atoms with Gasteiger partial charge in [0.15, 0.2) is 6.29 Å². The summed E-state index contributed by atoms with van der Waals surface area (Å²) in [5, 5.41) is 76.1. The summed E-state index contributed by atoms with van der Waals surface area (Å²) in [6.07, 6.45) is -12.2. The predicted molar refractivity (Wildman–Crippen MR) is 289 cm³/mol. The molecule has 26 nitrogen and oxygen atoms in total. The summed E-state index contributed by atoms with van der Waals surface area (Å²) in [6, 6.07) is -4.99. The first-order valence-corrected chi connectivity index (χ1v) is 27.4. The zero-order valence-electron chi connectivity index (χ0n) is 50.0. The second-order valence-electron chi connectivity index (χ2n) is 26.8. The first-order chi connectivity index (χ1) is 36.4. The van der Waals surface area contributed by atoms with Gasteiger partial charge >= 0.3 is 30.5 Å². The van der Waals surface area contributed by atoms with Gasteiger partial charge < -0.3 is 100 Å². The molecule has 2 heterocycles. The van der Waals surface area contributed by atoms with Crippen LogP contribution >= 0.6 is 0 Å². The number of hydrogen-bond donors (Lipinski definition) is 11. The summed E-state index contributed by atoms with van der Waals surface area (Å²) in [5.41, 5.74) is -7.45. The van der Waals surface area contributed by atoms with Crippen LogP contribution in [-0.2, 0) is 42.7 Å². The van der Waals surface area contributed by atoms with Crippen LogP contribution in [0.1, 0.15) is 143 Å². The maximum absolute atomic E-state index is 14.0. The van der Waals surface area contributed by atoms with Crippen molar-refractivity contribution < 1.29 is 92.2 Å². The number of aliphatic hydroxyl groups excluding tert-OH is 3. The highest BCUT2D eigenvalue weighted by molar-refractivity contribution is 5.81. The zero-order chi connectivity index (χ0) is 60.7. The SMILES string of the molecule is CN(C(=O)OC(C)(C)C)[C@@H]1[C@@H](O)[C@@H](O[C@@H]2[C@@H](O)[C@H](C3OC(CNCC4(O)CC(CNC(=O)OC(C)(C)C)C4)=CC[C@H]3NC(=O)OC(C)(C)C)[C@@H](NC(=O)OC(C)(C)C)C[C@H]2NC(=O)[C@@H](O)CCNC(=O)OC(C)(C)C)OC[C@]1(C)O. The minimum absolute atomic E-state index is 0.0102. The van der Waals surface area contributed by atoms with E-state index in [1.165, 1.54) is 14.0 Å². The molecule has 0 radical (unpaired) electrons. The molecule has 1 unspecified atom stereocenters. The number of likely N-dealkylation sites (N-methyl/N-ethyl adjacent to an activating group) is 1. The number of alkyl carbamates (subject to hydrolysis) is 4. The van der Waals surface area contributed by atoms with E-state index >= 15 is 0 Å². The zero-order valence-corrected chi connectivity index (χ0v) is 50.0. The van der Waals surface area contributed by atoms with E-state index in [0.717, 1.165) is 4.90 Å². The number of carbonyl (C=O) groups excluding carboxylic acids is 6. The average Bonchev–Trinajstić information content (AvgIpc) is 3.24. The molecule has 0 bridgehead atoms. The lowest BCUT2D eigenvalue weighted by Gasteiger charge is -2.52. The van der Waals surface area contributed by atoms with E-state index in [-0.39, 0.29) is 44.8 Å². The van der Waals surface area contributed by atoms with Crippen molar-refractivity contribution >= 4 is 36.4 Å². The second kappa shape index (κ2) is 26.5. The van der Waals surface area contributed by atoms with Gasteiger partial charge in [-0.1, -0.05) is 0 Å². The van der Waals surface area contributed by atoms with Gasteiger partial charge in [-0.2, -0.15) is 0 Å². The third-order valence-corrected chi connectivity index (χ3v) is 13.1. The number of ether oxygens (including phenoxy) is 8. The fraction of sp³-hybridized carbons (Fsp3) is 0.852. The minimum Gasteiger partial charge on any atom is -0.491 e. The molecule has 2 aliphatic heterocycles. The van der Waals surface area contributed by atoms with Gasteiger partial charge in [-0.25, -0.2) is 24.0 Å². The minimum atomic E-state index is -1.89. The molecule has 26 heteroatoms. The quantitative estimate of drug-likeness (QED) is 0.0933. The fourth-order valence-electron chi connectivity index (χ4n) is 9.99. The second-order valence-corrected chi connectivity index (χ2v) is 26.8. The first kappa shape index (κ1) is 67.5. The molecule has 4 rings (SSSR count). The van der Waals surface area contributed by atoms with Gasteiger partial charge in [-0.3, -0.25) is 4.79 Å². The van der Waals surface area contributed by atoms with Crippen LogP contribution in [0.3, 0.4) is 0 Å². The van der Waals surface area contributed by atoms with Crippen molar-refractivity contribution in [2.24, 2.45) is 11.8 Å². The molecule has 11 N–H and O–H groups in total. The van der Waals surface area contributed by atoms with Gasteiger partial charge in [-0.05, 0) is 155 Å². The van der Waals surface area contributed by atoms with Gasteiger partial charge in [0.25, 0.3) is 0 Å². The highest BCUT2D eigenvalue weighted by atomic mass is 16.7. The number of aliphatic hydroxyl groups is 5. The Morgan fingerprint density at radius 3 is 1.76 bits per heavy atom. The molecule has 0 aromatic heterocycles. The smallest absolute Gasteiger partial charge is 0.410 e. The van der Waals surface area contributed by atoms with E-state index in [1.807, 2.05) is 0 Å². The van der Waals surface area contributed by atoms with Gasteiger partial charge in [0, 0.05) is 38.6 Å². The number of carbonyl (C=O) groups is 6. The number of nitrogens with one attached hydrogen (secondary N) is 6. The number of hydrogen-bond acceptors (Lipinski definition) is 20. The van der Waals surface area contributed by atoms with Crippen LogP contribution in [0.4, 0.5) is 24.0 Å². The number of amides is 6. The summed E-state index contributed by atoms with van der Waals surface area (Å²) >= 11 is 0. The molecule has 3 fully saturated rings. The molecule has 0 aromatic carbocycles. The Hall–Kier alpha value is -4.96. The normalized spacial score (nSPS) is 30.6. The molecule has 80 heavy (non-hydrogen) atoms. The van der Waals surface area contributed by atoms with E-state index < -0.39 is 149 Å². The van der Waals surface area contributed by atoms with Crippen LogP contribution in [-0.4, -0.2) is 207 Å². The monoisotopic (exact) mass is 1150 g/mol. The Bertz CT molecular complexity index is 2160. The van der Waals surface area contributed by atoms with Crippen LogP contribution in [0.15, 0.2) is 11.8 Å².